The number of rotatable bonds is 2. The molecule has 6 heteroatoms. The fraction of sp³-hybridized carbons (Fsp3) is 0.250. The molecule has 0 aliphatic rings. The first kappa shape index (κ1) is 9.09. The summed E-state index contributed by atoms with van der Waals surface area (Å²) < 4.78 is 3.70. The number of hydrogen-bond acceptors (Lipinski definition) is 4. The lowest BCUT2D eigenvalue weighted by Crippen LogP contribution is -1.99. The summed E-state index contributed by atoms with van der Waals surface area (Å²) in [5.74, 6) is -0.761. The second-order valence-corrected chi connectivity index (χ2v) is 2.06. The molecule has 0 fully saturated rings. The van der Waals surface area contributed by atoms with Crippen LogP contribution in [0.5, 0.6) is 0 Å². The number of hydrogen-bond donors (Lipinski definition) is 0. The van der Waals surface area contributed by atoms with Crippen molar-refractivity contribution >= 4 is 21.9 Å². The van der Waals surface area contributed by atoms with Gasteiger partial charge < -0.3 is 4.74 Å². The topological polar surface area (TPSA) is 69.4 Å². The summed E-state index contributed by atoms with van der Waals surface area (Å²) in [5.41, 5.74) is 0. The number of halogens is 1. The van der Waals surface area contributed by atoms with E-state index in [0.29, 0.717) is 0 Å². The summed E-state index contributed by atoms with van der Waals surface area (Å²) in [6.45, 7) is 0. The van der Waals surface area contributed by atoms with E-state index in [9.17, 15) is 14.9 Å². The molecule has 0 aliphatic carbocycles. The summed E-state index contributed by atoms with van der Waals surface area (Å²) >= 11 is 2.54. The van der Waals surface area contributed by atoms with Crippen LogP contribution in [0.25, 0.3) is 0 Å². The first-order chi connectivity index (χ1) is 4.57. The van der Waals surface area contributed by atoms with Gasteiger partial charge in [-0.25, -0.2) is 4.79 Å². The third kappa shape index (κ3) is 3.18. The van der Waals surface area contributed by atoms with Gasteiger partial charge in [-0.15, -0.1) is 0 Å². The summed E-state index contributed by atoms with van der Waals surface area (Å²) in [5, 5.41) is 9.83. The molecule has 0 rings (SSSR count). The van der Waals surface area contributed by atoms with E-state index in [2.05, 4.69) is 20.7 Å². The van der Waals surface area contributed by atoms with Gasteiger partial charge in [-0.1, -0.05) is 0 Å². The van der Waals surface area contributed by atoms with Crippen molar-refractivity contribution in [3.05, 3.63) is 20.8 Å². The molecule has 0 aromatic heterocycles. The normalized spacial score (nSPS) is 10.8. The Bertz CT molecular complexity index is 188. The molecule has 56 valence electrons. The van der Waals surface area contributed by atoms with Gasteiger partial charge in [0.05, 0.1) is 12.0 Å². The van der Waals surface area contributed by atoms with Crippen molar-refractivity contribution < 1.29 is 14.5 Å². The van der Waals surface area contributed by atoms with E-state index in [-0.39, 0.29) is 0 Å². The van der Waals surface area contributed by atoms with E-state index < -0.39 is 15.5 Å². The zero-order chi connectivity index (χ0) is 8.15. The Kier molecular flexibility index (Phi) is 3.63. The Balaban J connectivity index is 4.16. The number of ether oxygens (including phenoxy) is 1. The van der Waals surface area contributed by atoms with Gasteiger partial charge in [-0.05, 0) is 0 Å². The SMILES string of the molecule is COC(=O)C=C(Br)[N+](=O)[O-]. The lowest BCUT2D eigenvalue weighted by molar-refractivity contribution is -0.408. The third-order valence-electron chi connectivity index (χ3n) is 0.613. The maximum atomic E-state index is 10.3. The van der Waals surface area contributed by atoms with Gasteiger partial charge in [0, 0.05) is 15.9 Å². The maximum Gasteiger partial charge on any atom is 0.338 e. The minimum atomic E-state index is -0.761. The molecule has 0 N–H and O–H groups in total. The molecule has 0 aromatic rings. The molecule has 0 saturated heterocycles. The molecule has 0 radical (unpaired) electrons. The third-order valence-corrected chi connectivity index (χ3v) is 1.13. The number of carbonyl (C=O) groups is 1. The van der Waals surface area contributed by atoms with Gasteiger partial charge in [0.2, 0.25) is 0 Å². The van der Waals surface area contributed by atoms with Crippen LogP contribution in [-0.4, -0.2) is 18.0 Å². The number of esters is 1. The molecular formula is C4H4BrNO4. The summed E-state index contributed by atoms with van der Waals surface area (Å²) in [6.07, 6.45) is 0.736. The van der Waals surface area contributed by atoms with Gasteiger partial charge in [0.1, 0.15) is 6.08 Å². The Labute approximate surface area is 64.9 Å². The zero-order valence-electron chi connectivity index (χ0n) is 5.04. The number of carbonyl (C=O) groups excluding carboxylic acids is 1. The first-order valence-electron chi connectivity index (χ1n) is 2.17. The van der Waals surface area contributed by atoms with Crippen molar-refractivity contribution in [2.45, 2.75) is 0 Å². The lowest BCUT2D eigenvalue weighted by Gasteiger charge is -1.87. The van der Waals surface area contributed by atoms with E-state index in [1.165, 1.54) is 0 Å². The van der Waals surface area contributed by atoms with Crippen molar-refractivity contribution in [3.8, 4) is 0 Å². The summed E-state index contributed by atoms with van der Waals surface area (Å²) in [4.78, 5) is 19.4. The van der Waals surface area contributed by atoms with E-state index in [1.54, 1.807) is 0 Å². The summed E-state index contributed by atoms with van der Waals surface area (Å²) in [6, 6.07) is 0. The van der Waals surface area contributed by atoms with Gasteiger partial charge in [0.25, 0.3) is 0 Å². The second-order valence-electron chi connectivity index (χ2n) is 1.25. The van der Waals surface area contributed by atoms with E-state index in [0.717, 1.165) is 13.2 Å². The predicted molar refractivity (Wildman–Crippen MR) is 36.0 cm³/mol. The maximum absolute atomic E-state index is 10.3. The standard InChI is InChI=1S/C4H4BrNO4/c1-10-4(7)2-3(5)6(8)9/h2H,1H3. The highest BCUT2D eigenvalue weighted by Crippen LogP contribution is 2.04. The quantitative estimate of drug-likeness (QED) is 0.221. The van der Waals surface area contributed by atoms with E-state index in [4.69, 9.17) is 0 Å². The first-order valence-corrected chi connectivity index (χ1v) is 2.96. The predicted octanol–water partition coefficient (Wildman–Crippen LogP) is 0.672. The van der Waals surface area contributed by atoms with Crippen molar-refractivity contribution in [3.63, 3.8) is 0 Å². The highest BCUT2D eigenvalue weighted by Gasteiger charge is 2.07. The zero-order valence-corrected chi connectivity index (χ0v) is 6.62. The lowest BCUT2D eigenvalue weighted by atomic mass is 10.6. The molecule has 0 atom stereocenters. The second kappa shape index (κ2) is 3.99. The van der Waals surface area contributed by atoms with Crippen LogP contribution in [0.4, 0.5) is 0 Å². The van der Waals surface area contributed by atoms with Crippen LogP contribution in [0, 0.1) is 10.1 Å². The Hall–Kier alpha value is -0.910. The number of nitrogens with zero attached hydrogens (tertiary/aromatic N) is 1. The molecule has 0 bridgehead atoms. The van der Waals surface area contributed by atoms with E-state index in [1.807, 2.05) is 0 Å². The smallest absolute Gasteiger partial charge is 0.338 e. The van der Waals surface area contributed by atoms with Crippen molar-refractivity contribution in [1.29, 1.82) is 0 Å². The average Bonchev–Trinajstić information content (AvgIpc) is 1.87. The Morgan fingerprint density at radius 3 is 2.60 bits per heavy atom. The Morgan fingerprint density at radius 1 is 1.80 bits per heavy atom. The van der Waals surface area contributed by atoms with Crippen molar-refractivity contribution in [1.82, 2.24) is 0 Å². The Morgan fingerprint density at radius 2 is 2.30 bits per heavy atom. The van der Waals surface area contributed by atoms with Crippen LogP contribution in [0.2, 0.25) is 0 Å². The van der Waals surface area contributed by atoms with Crippen molar-refractivity contribution in [2.24, 2.45) is 0 Å². The van der Waals surface area contributed by atoms with Gasteiger partial charge in [-0.2, -0.15) is 0 Å². The molecule has 0 heterocycles. The van der Waals surface area contributed by atoms with Crippen LogP contribution < -0.4 is 0 Å². The fourth-order valence-corrected chi connectivity index (χ4v) is 0.396. The average molecular weight is 210 g/mol. The number of nitro groups is 1. The molecule has 0 amide bonds. The monoisotopic (exact) mass is 209 g/mol. The van der Waals surface area contributed by atoms with Crippen LogP contribution in [0.15, 0.2) is 10.7 Å². The van der Waals surface area contributed by atoms with Crippen LogP contribution in [-0.2, 0) is 9.53 Å². The molecule has 10 heavy (non-hydrogen) atoms. The van der Waals surface area contributed by atoms with Crippen LogP contribution in [0.1, 0.15) is 0 Å². The highest BCUT2D eigenvalue weighted by atomic mass is 79.9. The molecule has 5 nitrogen and oxygen atoms in total. The fourth-order valence-electron chi connectivity index (χ4n) is 0.209. The highest BCUT2D eigenvalue weighted by molar-refractivity contribution is 9.11. The van der Waals surface area contributed by atoms with Crippen LogP contribution >= 0.6 is 15.9 Å². The van der Waals surface area contributed by atoms with Gasteiger partial charge in [-0.3, -0.25) is 10.1 Å². The number of methoxy groups -OCH3 is 1. The van der Waals surface area contributed by atoms with Gasteiger partial charge in [0.15, 0.2) is 0 Å². The minimum absolute atomic E-state index is 0.417. The molecule has 0 saturated carbocycles. The summed E-state index contributed by atoms with van der Waals surface area (Å²) in [7, 11) is 1.14. The van der Waals surface area contributed by atoms with E-state index >= 15 is 0 Å². The molecule has 0 spiro atoms. The molecular weight excluding hydrogens is 206 g/mol. The molecule has 0 unspecified atom stereocenters. The molecule has 0 aromatic carbocycles. The van der Waals surface area contributed by atoms with Crippen molar-refractivity contribution in [2.75, 3.05) is 7.11 Å². The molecule has 0 aliphatic heterocycles. The van der Waals surface area contributed by atoms with Crippen LogP contribution in [0.3, 0.4) is 0 Å². The minimum Gasteiger partial charge on any atom is -0.466 e. The van der Waals surface area contributed by atoms with Gasteiger partial charge >= 0.3 is 10.6 Å². The largest absolute Gasteiger partial charge is 0.466 e.